The lowest BCUT2D eigenvalue weighted by atomic mass is 9.93. The summed E-state index contributed by atoms with van der Waals surface area (Å²) in [5.41, 5.74) is 8.21. The number of likely N-dealkylation sites (tertiary alicyclic amines) is 1. The minimum absolute atomic E-state index is 0.113. The van der Waals surface area contributed by atoms with Gasteiger partial charge in [-0.25, -0.2) is 23.7 Å². The van der Waals surface area contributed by atoms with E-state index in [1.165, 1.54) is 18.8 Å². The number of nitrogens with zero attached hydrogens (tertiary/aromatic N) is 6. The van der Waals surface area contributed by atoms with Crippen molar-refractivity contribution in [2.75, 3.05) is 43.4 Å². The van der Waals surface area contributed by atoms with Crippen molar-refractivity contribution in [3.63, 3.8) is 0 Å². The van der Waals surface area contributed by atoms with Crippen LogP contribution < -0.4 is 15.4 Å². The largest absolute Gasteiger partial charge is 0.484 e. The quantitative estimate of drug-likeness (QED) is 0.485. The SMILES string of the molecule is Cc1cc(-c2cn(CCN3CCC3)c(C3CCN(c4ncnc(N)c4OC(C)C)CC3F)n2)ccc1F. The van der Waals surface area contributed by atoms with E-state index >= 15 is 4.39 Å². The molecule has 198 valence electrons. The zero-order valence-corrected chi connectivity index (χ0v) is 21.7. The first kappa shape index (κ1) is 25.4. The molecule has 0 bridgehead atoms. The minimum atomic E-state index is -1.16. The maximum absolute atomic E-state index is 15.9. The Morgan fingerprint density at radius 2 is 1.97 bits per heavy atom. The maximum Gasteiger partial charge on any atom is 0.204 e. The summed E-state index contributed by atoms with van der Waals surface area (Å²) >= 11 is 0. The summed E-state index contributed by atoms with van der Waals surface area (Å²) in [5, 5.41) is 0. The molecule has 3 aromatic rings. The lowest BCUT2D eigenvalue weighted by Crippen LogP contribution is -2.43. The lowest BCUT2D eigenvalue weighted by molar-refractivity contribution is 0.172. The number of aromatic nitrogens is 4. The normalized spacial score (nSPS) is 20.3. The second-order valence-corrected chi connectivity index (χ2v) is 10.3. The van der Waals surface area contributed by atoms with Crippen LogP contribution in [-0.2, 0) is 6.54 Å². The Bertz CT molecular complexity index is 1240. The molecule has 2 aliphatic heterocycles. The summed E-state index contributed by atoms with van der Waals surface area (Å²) in [5.74, 6) is 1.29. The molecule has 4 heterocycles. The monoisotopic (exact) mass is 511 g/mol. The number of anilines is 2. The van der Waals surface area contributed by atoms with E-state index in [-0.39, 0.29) is 30.2 Å². The Labute approximate surface area is 216 Å². The molecule has 0 spiro atoms. The van der Waals surface area contributed by atoms with Crippen molar-refractivity contribution in [3.05, 3.63) is 47.9 Å². The van der Waals surface area contributed by atoms with E-state index in [2.05, 4.69) is 19.4 Å². The predicted octanol–water partition coefficient (Wildman–Crippen LogP) is 4.19. The number of alkyl halides is 1. The first-order valence-electron chi connectivity index (χ1n) is 13.0. The fourth-order valence-electron chi connectivity index (χ4n) is 5.04. The molecule has 0 amide bonds. The Morgan fingerprint density at radius 3 is 2.65 bits per heavy atom. The number of nitrogen functional groups attached to an aromatic ring is 1. The maximum atomic E-state index is 15.9. The second kappa shape index (κ2) is 10.6. The van der Waals surface area contributed by atoms with Gasteiger partial charge in [0.1, 0.15) is 24.1 Å². The van der Waals surface area contributed by atoms with Crippen molar-refractivity contribution in [2.24, 2.45) is 0 Å². The molecular formula is C27H35F2N7O. The van der Waals surface area contributed by atoms with Crippen LogP contribution in [0, 0.1) is 12.7 Å². The number of imidazole rings is 1. The highest BCUT2D eigenvalue weighted by Crippen LogP contribution is 2.38. The molecule has 2 aliphatic rings. The summed E-state index contributed by atoms with van der Waals surface area (Å²) in [7, 11) is 0. The molecule has 0 saturated carbocycles. The molecule has 8 nitrogen and oxygen atoms in total. The topological polar surface area (TPSA) is 85.3 Å². The molecule has 1 aromatic carbocycles. The zero-order valence-electron chi connectivity index (χ0n) is 21.7. The zero-order chi connectivity index (χ0) is 26.1. The molecular weight excluding hydrogens is 476 g/mol. The van der Waals surface area contributed by atoms with Crippen molar-refractivity contribution in [1.82, 2.24) is 24.4 Å². The van der Waals surface area contributed by atoms with Crippen LogP contribution in [-0.4, -0.2) is 69.4 Å². The summed E-state index contributed by atoms with van der Waals surface area (Å²) in [6, 6.07) is 5.00. The van der Waals surface area contributed by atoms with Crippen LogP contribution >= 0.6 is 0 Å². The molecule has 2 fully saturated rings. The fourth-order valence-corrected chi connectivity index (χ4v) is 5.04. The van der Waals surface area contributed by atoms with Crippen molar-refractivity contribution in [2.45, 2.75) is 58.4 Å². The van der Waals surface area contributed by atoms with Crippen LogP contribution in [0.2, 0.25) is 0 Å². The number of rotatable bonds is 8. The number of aryl methyl sites for hydroxylation is 1. The summed E-state index contributed by atoms with van der Waals surface area (Å²) in [6.45, 7) is 10.1. The van der Waals surface area contributed by atoms with Crippen LogP contribution in [0.25, 0.3) is 11.3 Å². The molecule has 2 atom stereocenters. The van der Waals surface area contributed by atoms with E-state index in [0.717, 1.165) is 43.3 Å². The van der Waals surface area contributed by atoms with Gasteiger partial charge in [0.05, 0.1) is 24.3 Å². The van der Waals surface area contributed by atoms with Crippen molar-refractivity contribution >= 4 is 11.6 Å². The smallest absolute Gasteiger partial charge is 0.204 e. The highest BCUT2D eigenvalue weighted by molar-refractivity contribution is 5.63. The Kier molecular flexibility index (Phi) is 7.28. The van der Waals surface area contributed by atoms with Gasteiger partial charge in [-0.05, 0) is 70.5 Å². The van der Waals surface area contributed by atoms with Crippen LogP contribution in [0.3, 0.4) is 0 Å². The van der Waals surface area contributed by atoms with Gasteiger partial charge in [-0.1, -0.05) is 0 Å². The van der Waals surface area contributed by atoms with Gasteiger partial charge in [0, 0.05) is 31.4 Å². The highest BCUT2D eigenvalue weighted by atomic mass is 19.1. The number of nitrogens with two attached hydrogens (primary N) is 1. The van der Waals surface area contributed by atoms with Gasteiger partial charge in [0.15, 0.2) is 11.6 Å². The van der Waals surface area contributed by atoms with E-state index in [9.17, 15) is 4.39 Å². The summed E-state index contributed by atoms with van der Waals surface area (Å²) in [6.07, 6.45) is 3.88. The predicted molar refractivity (Wildman–Crippen MR) is 140 cm³/mol. The van der Waals surface area contributed by atoms with Crippen molar-refractivity contribution < 1.29 is 13.5 Å². The van der Waals surface area contributed by atoms with Gasteiger partial charge >= 0.3 is 0 Å². The van der Waals surface area contributed by atoms with Crippen LogP contribution in [0.1, 0.15) is 44.0 Å². The third-order valence-corrected chi connectivity index (χ3v) is 7.21. The van der Waals surface area contributed by atoms with Crippen LogP contribution in [0.5, 0.6) is 5.75 Å². The first-order valence-corrected chi connectivity index (χ1v) is 13.0. The third kappa shape index (κ3) is 5.39. The molecule has 2 N–H and O–H groups in total. The van der Waals surface area contributed by atoms with E-state index in [1.54, 1.807) is 19.1 Å². The molecule has 2 unspecified atom stereocenters. The van der Waals surface area contributed by atoms with Gasteiger partial charge in [0.2, 0.25) is 5.75 Å². The standard InChI is InChI=1S/C27H35F2N7O/c1-17(2)37-24-25(30)31-16-32-27(24)35-10-7-20(22(29)14-35)26-33-23(19-5-6-21(28)18(3)13-19)15-36(26)12-11-34-8-4-9-34/h5-6,13,15-17,20,22H,4,7-12,14H2,1-3H3,(H2,30,31,32). The average Bonchev–Trinajstić information content (AvgIpc) is 3.24. The molecule has 0 aliphatic carbocycles. The van der Waals surface area contributed by atoms with Gasteiger partial charge in [-0.3, -0.25) is 0 Å². The summed E-state index contributed by atoms with van der Waals surface area (Å²) < 4.78 is 37.7. The van der Waals surface area contributed by atoms with Gasteiger partial charge < -0.3 is 24.8 Å². The Hall–Kier alpha value is -3.27. The molecule has 0 radical (unpaired) electrons. The summed E-state index contributed by atoms with van der Waals surface area (Å²) in [4.78, 5) is 17.6. The van der Waals surface area contributed by atoms with E-state index in [1.807, 2.05) is 24.9 Å². The fraction of sp³-hybridized carbons (Fsp3) is 0.519. The van der Waals surface area contributed by atoms with Crippen molar-refractivity contribution in [1.29, 1.82) is 0 Å². The number of ether oxygens (including phenoxy) is 1. The van der Waals surface area contributed by atoms with Crippen LogP contribution in [0.15, 0.2) is 30.7 Å². The number of hydrogen-bond donors (Lipinski definition) is 1. The molecule has 2 saturated heterocycles. The molecule has 2 aromatic heterocycles. The molecule has 37 heavy (non-hydrogen) atoms. The number of benzene rings is 1. The van der Waals surface area contributed by atoms with E-state index < -0.39 is 6.17 Å². The Morgan fingerprint density at radius 1 is 1.16 bits per heavy atom. The van der Waals surface area contributed by atoms with Crippen molar-refractivity contribution in [3.8, 4) is 17.0 Å². The lowest BCUT2D eigenvalue weighted by Gasteiger charge is -2.36. The second-order valence-electron chi connectivity index (χ2n) is 10.3. The number of halogens is 2. The molecule has 5 rings (SSSR count). The van der Waals surface area contributed by atoms with Gasteiger partial charge in [0.25, 0.3) is 0 Å². The first-order chi connectivity index (χ1) is 17.8. The highest BCUT2D eigenvalue weighted by Gasteiger charge is 2.36. The van der Waals surface area contributed by atoms with E-state index in [4.69, 9.17) is 15.5 Å². The molecule has 10 heteroatoms. The third-order valence-electron chi connectivity index (χ3n) is 7.21. The number of hydrogen-bond acceptors (Lipinski definition) is 7. The Balaban J connectivity index is 1.40. The minimum Gasteiger partial charge on any atom is -0.484 e. The van der Waals surface area contributed by atoms with Gasteiger partial charge in [-0.15, -0.1) is 0 Å². The van der Waals surface area contributed by atoms with Gasteiger partial charge in [-0.2, -0.15) is 0 Å². The van der Waals surface area contributed by atoms with E-state index in [0.29, 0.717) is 30.1 Å². The average molecular weight is 512 g/mol. The van der Waals surface area contributed by atoms with Crippen LogP contribution in [0.4, 0.5) is 20.4 Å². The number of piperidine rings is 1.